The predicted octanol–water partition coefficient (Wildman–Crippen LogP) is 1.62. The molecule has 1 aromatic carbocycles. The van der Waals surface area contributed by atoms with E-state index in [-0.39, 0.29) is 28.7 Å². The van der Waals surface area contributed by atoms with Gasteiger partial charge in [-0.25, -0.2) is 13.4 Å². The second-order valence-corrected chi connectivity index (χ2v) is 9.24. The third-order valence-corrected chi connectivity index (χ3v) is 7.30. The van der Waals surface area contributed by atoms with Crippen LogP contribution in [0.25, 0.3) is 0 Å². The molecule has 152 valence electrons. The van der Waals surface area contributed by atoms with Crippen molar-refractivity contribution in [3.8, 4) is 5.88 Å². The summed E-state index contributed by atoms with van der Waals surface area (Å²) in [6.45, 7) is 4.72. The lowest BCUT2D eigenvalue weighted by molar-refractivity contribution is -0.116. The molecule has 0 spiro atoms. The molecule has 2 heterocycles. The van der Waals surface area contributed by atoms with Gasteiger partial charge in [0.15, 0.2) is 0 Å². The summed E-state index contributed by atoms with van der Waals surface area (Å²) in [5, 5.41) is 2.85. The van der Waals surface area contributed by atoms with Crippen molar-refractivity contribution >= 4 is 15.9 Å². The highest BCUT2D eigenvalue weighted by atomic mass is 32.2. The summed E-state index contributed by atoms with van der Waals surface area (Å²) in [6, 6.07) is 13.1. The van der Waals surface area contributed by atoms with E-state index in [2.05, 4.69) is 16.9 Å². The number of nitrogens with one attached hydrogen (secondary N) is 1. The molecule has 2 fully saturated rings. The molecule has 2 aliphatic rings. The van der Waals surface area contributed by atoms with Crippen LogP contribution in [-0.2, 0) is 21.2 Å². The van der Waals surface area contributed by atoms with Crippen LogP contribution in [0, 0.1) is 11.8 Å². The van der Waals surface area contributed by atoms with Crippen molar-refractivity contribution < 1.29 is 17.9 Å². The molecular weight excluding hydrogens is 390 g/mol. The number of hydrogen-bond acceptors (Lipinski definition) is 5. The molecule has 1 N–H and O–H groups in total. The standard InChI is InChI=1S/C21H23N3O4S/c1-2-19(25)23-21-17-13-24(14-18(17)21)29(26,27)16-8-9-20(22-12-16)28-11-10-15-6-4-3-5-7-15/h2-9,12,17-18,21H,1,10-11,13-14H2,(H,23,25). The molecule has 0 bridgehead atoms. The molecule has 2 atom stereocenters. The highest BCUT2D eigenvalue weighted by Gasteiger charge is 2.58. The Morgan fingerprint density at radius 3 is 2.55 bits per heavy atom. The molecule has 2 unspecified atom stereocenters. The van der Waals surface area contributed by atoms with Gasteiger partial charge in [0.2, 0.25) is 21.8 Å². The average molecular weight is 413 g/mol. The Hall–Kier alpha value is -2.71. The van der Waals surface area contributed by atoms with Gasteiger partial charge in [-0.2, -0.15) is 4.31 Å². The molecule has 8 heteroatoms. The number of aromatic nitrogens is 1. The third kappa shape index (κ3) is 4.18. The molecule has 1 aliphatic carbocycles. The molecule has 1 amide bonds. The average Bonchev–Trinajstić information content (AvgIpc) is 3.16. The van der Waals surface area contributed by atoms with E-state index < -0.39 is 10.0 Å². The van der Waals surface area contributed by atoms with Gasteiger partial charge >= 0.3 is 0 Å². The highest BCUT2D eigenvalue weighted by molar-refractivity contribution is 7.89. The van der Waals surface area contributed by atoms with Gasteiger partial charge in [-0.1, -0.05) is 36.9 Å². The van der Waals surface area contributed by atoms with E-state index in [0.717, 1.165) is 6.42 Å². The number of rotatable bonds is 8. The lowest BCUT2D eigenvalue weighted by Crippen LogP contribution is -2.37. The van der Waals surface area contributed by atoms with Gasteiger partial charge in [-0.15, -0.1) is 0 Å². The zero-order valence-corrected chi connectivity index (χ0v) is 16.7. The first kappa shape index (κ1) is 19.6. The largest absolute Gasteiger partial charge is 0.477 e. The minimum Gasteiger partial charge on any atom is -0.477 e. The normalized spacial score (nSPS) is 23.2. The summed E-state index contributed by atoms with van der Waals surface area (Å²) in [5.74, 6) is 0.520. The van der Waals surface area contributed by atoms with E-state index in [9.17, 15) is 13.2 Å². The maximum Gasteiger partial charge on any atom is 0.244 e. The van der Waals surface area contributed by atoms with Crippen LogP contribution in [0.4, 0.5) is 0 Å². The number of sulfonamides is 1. The molecule has 2 aromatic rings. The van der Waals surface area contributed by atoms with Crippen LogP contribution in [-0.4, -0.2) is 49.4 Å². The summed E-state index contributed by atoms with van der Waals surface area (Å²) < 4.78 is 32.8. The minimum atomic E-state index is -3.60. The lowest BCUT2D eigenvalue weighted by atomic mass is 10.2. The van der Waals surface area contributed by atoms with Crippen molar-refractivity contribution in [3.05, 3.63) is 66.9 Å². The number of amides is 1. The fourth-order valence-electron chi connectivity index (χ4n) is 3.79. The maximum atomic E-state index is 12.8. The Labute approximate surface area is 170 Å². The first-order chi connectivity index (χ1) is 14.0. The fourth-order valence-corrected chi connectivity index (χ4v) is 5.25. The summed E-state index contributed by atoms with van der Waals surface area (Å²) in [6.07, 6.45) is 3.33. The Bertz CT molecular complexity index is 980. The number of hydrogen-bond donors (Lipinski definition) is 1. The van der Waals surface area contributed by atoms with Gasteiger partial charge in [0.05, 0.1) is 12.8 Å². The van der Waals surface area contributed by atoms with E-state index >= 15 is 0 Å². The van der Waals surface area contributed by atoms with Gasteiger partial charge in [0, 0.05) is 31.6 Å². The van der Waals surface area contributed by atoms with Crippen molar-refractivity contribution in [1.82, 2.24) is 14.6 Å². The van der Waals surface area contributed by atoms with Gasteiger partial charge < -0.3 is 10.1 Å². The van der Waals surface area contributed by atoms with Crippen LogP contribution in [0.1, 0.15) is 5.56 Å². The second kappa shape index (κ2) is 7.96. The van der Waals surface area contributed by atoms with E-state index in [4.69, 9.17) is 4.74 Å². The van der Waals surface area contributed by atoms with Crippen LogP contribution in [0.15, 0.2) is 66.2 Å². The van der Waals surface area contributed by atoms with Crippen LogP contribution in [0.3, 0.4) is 0 Å². The quantitative estimate of drug-likeness (QED) is 0.665. The summed E-state index contributed by atoms with van der Waals surface area (Å²) in [7, 11) is -3.60. The van der Waals surface area contributed by atoms with Crippen LogP contribution < -0.4 is 10.1 Å². The topological polar surface area (TPSA) is 88.6 Å². The zero-order chi connectivity index (χ0) is 20.4. The Balaban J connectivity index is 1.31. The van der Waals surface area contributed by atoms with Gasteiger partial charge in [-0.3, -0.25) is 4.79 Å². The molecule has 1 aliphatic heterocycles. The van der Waals surface area contributed by atoms with Crippen molar-refractivity contribution in [1.29, 1.82) is 0 Å². The van der Waals surface area contributed by atoms with E-state index in [1.54, 1.807) is 6.07 Å². The molecule has 0 radical (unpaired) electrons. The fraction of sp³-hybridized carbons (Fsp3) is 0.333. The van der Waals surface area contributed by atoms with Crippen molar-refractivity contribution in [2.24, 2.45) is 11.8 Å². The van der Waals surface area contributed by atoms with Crippen molar-refractivity contribution in [2.45, 2.75) is 17.4 Å². The number of benzene rings is 1. The predicted molar refractivity (Wildman–Crippen MR) is 108 cm³/mol. The Morgan fingerprint density at radius 1 is 1.21 bits per heavy atom. The number of pyridine rings is 1. The van der Waals surface area contributed by atoms with Crippen LogP contribution in [0.5, 0.6) is 5.88 Å². The molecule has 4 rings (SSSR count). The zero-order valence-electron chi connectivity index (χ0n) is 15.9. The molecular formula is C21H23N3O4S. The summed E-state index contributed by atoms with van der Waals surface area (Å²) in [4.78, 5) is 15.7. The number of piperidine rings is 1. The number of ether oxygens (including phenoxy) is 1. The second-order valence-electron chi connectivity index (χ2n) is 7.30. The van der Waals surface area contributed by atoms with Crippen molar-refractivity contribution in [3.63, 3.8) is 0 Å². The smallest absolute Gasteiger partial charge is 0.244 e. The first-order valence-electron chi connectivity index (χ1n) is 9.55. The van der Waals surface area contributed by atoms with Gasteiger partial charge in [0.25, 0.3) is 0 Å². The molecule has 29 heavy (non-hydrogen) atoms. The number of nitrogens with zero attached hydrogens (tertiary/aromatic N) is 2. The molecule has 1 aromatic heterocycles. The third-order valence-electron chi connectivity index (χ3n) is 5.49. The number of carbonyl (C=O) groups excluding carboxylic acids is 1. The summed E-state index contributed by atoms with van der Waals surface area (Å²) in [5.41, 5.74) is 1.17. The SMILES string of the molecule is C=CC(=O)NC1C2CN(S(=O)(=O)c3ccc(OCCc4ccccc4)nc3)CC21. The molecule has 1 saturated carbocycles. The molecule has 7 nitrogen and oxygen atoms in total. The van der Waals surface area contributed by atoms with Gasteiger partial charge in [0.1, 0.15) is 4.90 Å². The minimum absolute atomic E-state index is 0.0467. The molecule has 1 saturated heterocycles. The lowest BCUT2D eigenvalue weighted by Gasteiger charge is -2.19. The first-order valence-corrected chi connectivity index (χ1v) is 11.0. The highest BCUT2D eigenvalue weighted by Crippen LogP contribution is 2.47. The Kier molecular flexibility index (Phi) is 5.38. The maximum absolute atomic E-state index is 12.8. The monoisotopic (exact) mass is 413 g/mol. The van der Waals surface area contributed by atoms with Crippen LogP contribution in [0.2, 0.25) is 0 Å². The van der Waals surface area contributed by atoms with Crippen LogP contribution >= 0.6 is 0 Å². The number of fused-ring (bicyclic) bond motifs is 1. The van der Waals surface area contributed by atoms with Gasteiger partial charge in [-0.05, 0) is 29.5 Å². The number of carbonyl (C=O) groups is 1. The summed E-state index contributed by atoms with van der Waals surface area (Å²) >= 11 is 0. The van der Waals surface area contributed by atoms with Crippen molar-refractivity contribution in [2.75, 3.05) is 19.7 Å². The van der Waals surface area contributed by atoms with E-state index in [0.29, 0.717) is 25.6 Å². The van der Waals surface area contributed by atoms with E-state index in [1.165, 1.54) is 28.2 Å². The Morgan fingerprint density at radius 2 is 1.93 bits per heavy atom. The van der Waals surface area contributed by atoms with E-state index in [1.807, 2.05) is 30.3 Å².